The van der Waals surface area contributed by atoms with E-state index in [0.717, 1.165) is 39.1 Å². The number of rotatable bonds is 8. The summed E-state index contributed by atoms with van der Waals surface area (Å²) in [7, 11) is 1.65. The molecule has 0 saturated heterocycles. The summed E-state index contributed by atoms with van der Waals surface area (Å²) in [5.74, 6) is 0.898. The normalized spacial score (nSPS) is 11.6. The van der Waals surface area contributed by atoms with Crippen LogP contribution in [0.25, 0.3) is 11.1 Å². The van der Waals surface area contributed by atoms with E-state index in [0.29, 0.717) is 12.8 Å². The number of aryl methyl sites for hydroxylation is 2. The zero-order valence-electron chi connectivity index (χ0n) is 19.1. The molecule has 0 unspecified atom stereocenters. The molecule has 164 valence electrons. The number of carbonyl (C=O) groups excluding carboxylic acids is 1. The van der Waals surface area contributed by atoms with Gasteiger partial charge in [0.1, 0.15) is 5.75 Å². The number of carbonyl (C=O) groups is 1. The van der Waals surface area contributed by atoms with E-state index in [-0.39, 0.29) is 5.78 Å². The van der Waals surface area contributed by atoms with Crippen molar-refractivity contribution in [2.75, 3.05) is 7.11 Å². The molecule has 4 rings (SSSR count). The maximum Gasteiger partial charge on any atom is 0.164 e. The average Bonchev–Trinajstić information content (AvgIpc) is 2.88. The molecular formula is C31H28O2. The van der Waals surface area contributed by atoms with E-state index in [9.17, 15) is 4.79 Å². The van der Waals surface area contributed by atoms with Gasteiger partial charge in [-0.1, -0.05) is 103 Å². The Bertz CT molecular complexity index is 1220. The average molecular weight is 433 g/mol. The fraction of sp³-hybridized carbons (Fsp3) is 0.129. The van der Waals surface area contributed by atoms with Crippen LogP contribution in [0.4, 0.5) is 0 Å². The van der Waals surface area contributed by atoms with E-state index < -0.39 is 0 Å². The third-order valence-corrected chi connectivity index (χ3v) is 5.79. The van der Waals surface area contributed by atoms with Gasteiger partial charge in [0.15, 0.2) is 5.78 Å². The summed E-state index contributed by atoms with van der Waals surface area (Å²) >= 11 is 0. The van der Waals surface area contributed by atoms with Crippen LogP contribution in [0.5, 0.6) is 5.75 Å². The second kappa shape index (κ2) is 10.6. The minimum Gasteiger partial charge on any atom is -0.497 e. The fourth-order valence-electron chi connectivity index (χ4n) is 4.01. The van der Waals surface area contributed by atoms with Crippen molar-refractivity contribution in [1.29, 1.82) is 0 Å². The fourth-order valence-corrected chi connectivity index (χ4v) is 4.01. The molecule has 0 amide bonds. The lowest BCUT2D eigenvalue weighted by atomic mass is 9.85. The molecule has 0 N–H and O–H groups in total. The molecule has 0 radical (unpaired) electrons. The van der Waals surface area contributed by atoms with E-state index >= 15 is 0 Å². The van der Waals surface area contributed by atoms with Gasteiger partial charge in [-0.3, -0.25) is 4.79 Å². The molecule has 2 heteroatoms. The summed E-state index contributed by atoms with van der Waals surface area (Å²) < 4.78 is 5.36. The lowest BCUT2D eigenvalue weighted by Crippen LogP contribution is -2.08. The van der Waals surface area contributed by atoms with Crippen molar-refractivity contribution < 1.29 is 9.53 Å². The molecule has 0 aliphatic rings. The van der Waals surface area contributed by atoms with Gasteiger partial charge in [-0.05, 0) is 47.7 Å². The van der Waals surface area contributed by atoms with Crippen molar-refractivity contribution in [2.45, 2.75) is 19.8 Å². The van der Waals surface area contributed by atoms with Crippen molar-refractivity contribution in [3.05, 3.63) is 137 Å². The van der Waals surface area contributed by atoms with E-state index in [1.165, 1.54) is 5.56 Å². The highest BCUT2D eigenvalue weighted by Gasteiger charge is 2.20. The summed E-state index contributed by atoms with van der Waals surface area (Å²) in [6, 6.07) is 36.5. The largest absolute Gasteiger partial charge is 0.497 e. The van der Waals surface area contributed by atoms with Gasteiger partial charge in [-0.15, -0.1) is 0 Å². The Hall–Kier alpha value is -3.91. The molecule has 0 spiro atoms. The first kappa shape index (κ1) is 22.3. The zero-order chi connectivity index (χ0) is 23.0. The van der Waals surface area contributed by atoms with Crippen LogP contribution in [-0.2, 0) is 11.2 Å². The van der Waals surface area contributed by atoms with E-state index in [4.69, 9.17) is 4.74 Å². The monoisotopic (exact) mass is 432 g/mol. The highest BCUT2D eigenvalue weighted by Crippen LogP contribution is 2.34. The van der Waals surface area contributed by atoms with Gasteiger partial charge in [0.25, 0.3) is 0 Å². The highest BCUT2D eigenvalue weighted by molar-refractivity contribution is 6.29. The minimum atomic E-state index is 0.128. The Labute approximate surface area is 196 Å². The van der Waals surface area contributed by atoms with Crippen LogP contribution < -0.4 is 4.74 Å². The van der Waals surface area contributed by atoms with Crippen LogP contribution >= 0.6 is 0 Å². The highest BCUT2D eigenvalue weighted by atomic mass is 16.5. The lowest BCUT2D eigenvalue weighted by molar-refractivity contribution is -0.113. The van der Waals surface area contributed by atoms with Gasteiger partial charge >= 0.3 is 0 Å². The molecular weight excluding hydrogens is 404 g/mol. The molecule has 33 heavy (non-hydrogen) atoms. The molecule has 4 aromatic rings. The quantitative estimate of drug-likeness (QED) is 0.218. The first-order chi connectivity index (χ1) is 16.2. The predicted molar refractivity (Wildman–Crippen MR) is 136 cm³/mol. The second-order valence-corrected chi connectivity index (χ2v) is 8.12. The summed E-state index contributed by atoms with van der Waals surface area (Å²) in [4.78, 5) is 13.8. The summed E-state index contributed by atoms with van der Waals surface area (Å²) in [5, 5.41) is 0. The third-order valence-electron chi connectivity index (χ3n) is 5.79. The Balaban J connectivity index is 1.87. The van der Waals surface area contributed by atoms with Gasteiger partial charge in [-0.2, -0.15) is 0 Å². The van der Waals surface area contributed by atoms with E-state index in [2.05, 4.69) is 55.5 Å². The molecule has 0 aromatic heterocycles. The second-order valence-electron chi connectivity index (χ2n) is 8.12. The summed E-state index contributed by atoms with van der Waals surface area (Å²) in [6.45, 7) is 2.07. The zero-order valence-corrected chi connectivity index (χ0v) is 19.1. The van der Waals surface area contributed by atoms with Gasteiger partial charge < -0.3 is 4.74 Å². The maximum atomic E-state index is 13.8. The number of ketones is 1. The van der Waals surface area contributed by atoms with E-state index in [1.807, 2.05) is 60.7 Å². The Morgan fingerprint density at radius 3 is 1.82 bits per heavy atom. The van der Waals surface area contributed by atoms with Crippen molar-refractivity contribution >= 4 is 16.9 Å². The Morgan fingerprint density at radius 1 is 0.667 bits per heavy atom. The molecule has 0 aliphatic carbocycles. The predicted octanol–water partition coefficient (Wildman–Crippen LogP) is 7.16. The number of methoxy groups -OCH3 is 1. The number of hydrogen-bond acceptors (Lipinski definition) is 2. The van der Waals surface area contributed by atoms with Crippen LogP contribution in [-0.4, -0.2) is 12.9 Å². The number of allylic oxidation sites excluding steroid dienone is 1. The Kier molecular flexibility index (Phi) is 7.16. The molecule has 0 fully saturated rings. The van der Waals surface area contributed by atoms with Crippen LogP contribution in [0.1, 0.15) is 34.2 Å². The molecule has 0 bridgehead atoms. The number of hydrogen-bond donors (Lipinski definition) is 0. The topological polar surface area (TPSA) is 26.3 Å². The van der Waals surface area contributed by atoms with Crippen LogP contribution in [0.2, 0.25) is 0 Å². The number of Topliss-reactive ketones (excluding diaryl/α,β-unsaturated/α-hetero) is 1. The number of benzene rings is 4. The summed E-state index contributed by atoms with van der Waals surface area (Å²) in [6.07, 6.45) is 1.14. The lowest BCUT2D eigenvalue weighted by Gasteiger charge is -2.17. The van der Waals surface area contributed by atoms with Crippen molar-refractivity contribution in [1.82, 2.24) is 0 Å². The first-order valence-electron chi connectivity index (χ1n) is 11.2. The van der Waals surface area contributed by atoms with Crippen LogP contribution in [0.15, 0.2) is 109 Å². The molecule has 0 atom stereocenters. The smallest absolute Gasteiger partial charge is 0.164 e. The number of ether oxygens (including phenoxy) is 1. The van der Waals surface area contributed by atoms with Gasteiger partial charge in [0.2, 0.25) is 0 Å². The van der Waals surface area contributed by atoms with Crippen LogP contribution in [0, 0.1) is 6.92 Å². The standard InChI is InChI=1S/C31H28O2/c1-23-13-16-26(17-14-23)30(25-11-7-4-8-12-25)31(27-18-20-28(33-2)21-19-27)29(32)22-15-24-9-5-3-6-10-24/h3-14,16-21H,15,22H2,1-2H3/b31-30-. The van der Waals surface area contributed by atoms with Gasteiger partial charge in [0.05, 0.1) is 7.11 Å². The SMILES string of the molecule is COc1ccc(/C(C(=O)CCc2ccccc2)=C(\c2ccccc2)c2ccc(C)cc2)cc1. The third kappa shape index (κ3) is 5.48. The molecule has 0 saturated carbocycles. The maximum absolute atomic E-state index is 13.8. The molecule has 0 heterocycles. The van der Waals surface area contributed by atoms with Gasteiger partial charge in [0, 0.05) is 17.6 Å². The molecule has 0 aliphatic heterocycles. The van der Waals surface area contributed by atoms with Crippen LogP contribution in [0.3, 0.4) is 0 Å². The van der Waals surface area contributed by atoms with Crippen molar-refractivity contribution in [3.8, 4) is 5.75 Å². The van der Waals surface area contributed by atoms with E-state index in [1.54, 1.807) is 7.11 Å². The summed E-state index contributed by atoms with van der Waals surface area (Å²) in [5.41, 5.74) is 7.01. The first-order valence-corrected chi connectivity index (χ1v) is 11.2. The Morgan fingerprint density at radius 2 is 1.21 bits per heavy atom. The van der Waals surface area contributed by atoms with Crippen molar-refractivity contribution in [2.24, 2.45) is 0 Å². The van der Waals surface area contributed by atoms with Gasteiger partial charge in [-0.25, -0.2) is 0 Å². The van der Waals surface area contributed by atoms with Crippen molar-refractivity contribution in [3.63, 3.8) is 0 Å². The molecule has 4 aromatic carbocycles. The molecule has 2 nitrogen and oxygen atoms in total. The minimum absolute atomic E-state index is 0.128.